The summed E-state index contributed by atoms with van der Waals surface area (Å²) in [6.45, 7) is 0.501. The second-order valence-corrected chi connectivity index (χ2v) is 5.87. The molecule has 0 radical (unpaired) electrons. The van der Waals surface area contributed by atoms with Gasteiger partial charge in [0.15, 0.2) is 0 Å². The zero-order valence-corrected chi connectivity index (χ0v) is 12.5. The van der Waals surface area contributed by atoms with Crippen molar-refractivity contribution in [1.29, 1.82) is 0 Å². The van der Waals surface area contributed by atoms with Gasteiger partial charge in [-0.15, -0.1) is 0 Å². The molecule has 22 heavy (non-hydrogen) atoms. The van der Waals surface area contributed by atoms with Crippen molar-refractivity contribution in [3.05, 3.63) is 65.7 Å². The lowest BCUT2D eigenvalue weighted by Gasteiger charge is -2.32. The second kappa shape index (κ2) is 6.32. The van der Waals surface area contributed by atoms with Gasteiger partial charge in [-0.2, -0.15) is 0 Å². The Labute approximate surface area is 130 Å². The number of carbonyl (C=O) groups is 1. The van der Waals surface area contributed by atoms with E-state index < -0.39 is 5.60 Å². The molecule has 0 unspecified atom stereocenters. The number of hydrogen-bond acceptors (Lipinski definition) is 3. The summed E-state index contributed by atoms with van der Waals surface area (Å²) in [5.41, 5.74) is 1.04. The van der Waals surface area contributed by atoms with Crippen LogP contribution in [0.2, 0.25) is 0 Å². The first kappa shape index (κ1) is 14.8. The van der Waals surface area contributed by atoms with Crippen LogP contribution in [0.3, 0.4) is 0 Å². The molecule has 0 bridgehead atoms. The first-order valence-electron chi connectivity index (χ1n) is 7.67. The maximum absolute atomic E-state index is 11.4. The average Bonchev–Trinajstić information content (AvgIpc) is 2.57. The molecule has 0 aromatic heterocycles. The zero-order valence-electron chi connectivity index (χ0n) is 12.5. The van der Waals surface area contributed by atoms with Crippen molar-refractivity contribution in [2.24, 2.45) is 0 Å². The van der Waals surface area contributed by atoms with Gasteiger partial charge in [0, 0.05) is 12.8 Å². The van der Waals surface area contributed by atoms with Crippen molar-refractivity contribution in [3.8, 4) is 5.75 Å². The Hall–Kier alpha value is -2.13. The molecule has 2 aromatic carbocycles. The summed E-state index contributed by atoms with van der Waals surface area (Å²) in [5.74, 6) is 0.979. The molecule has 3 nitrogen and oxygen atoms in total. The molecular weight excluding hydrogens is 276 g/mol. The summed E-state index contributed by atoms with van der Waals surface area (Å²) in [6, 6.07) is 17.6. The highest BCUT2D eigenvalue weighted by Gasteiger charge is 2.34. The van der Waals surface area contributed by atoms with Gasteiger partial charge < -0.3 is 9.84 Å². The molecule has 1 fully saturated rings. The molecule has 0 saturated heterocycles. The topological polar surface area (TPSA) is 46.5 Å². The smallest absolute Gasteiger partial charge is 0.133 e. The summed E-state index contributed by atoms with van der Waals surface area (Å²) in [6.07, 6.45) is 1.89. The number of ketones is 1. The molecule has 1 saturated carbocycles. The van der Waals surface area contributed by atoms with Crippen molar-refractivity contribution in [2.45, 2.75) is 37.9 Å². The highest BCUT2D eigenvalue weighted by Crippen LogP contribution is 2.36. The zero-order chi connectivity index (χ0) is 15.4. The van der Waals surface area contributed by atoms with Gasteiger partial charge in [0.25, 0.3) is 0 Å². The first-order valence-corrected chi connectivity index (χ1v) is 7.67. The largest absolute Gasteiger partial charge is 0.489 e. The number of aliphatic hydroxyl groups is 1. The van der Waals surface area contributed by atoms with E-state index in [-0.39, 0.29) is 5.78 Å². The molecule has 2 aromatic rings. The third kappa shape index (κ3) is 3.37. The minimum absolute atomic E-state index is 0.237. The molecule has 0 aliphatic heterocycles. The van der Waals surface area contributed by atoms with Gasteiger partial charge in [-0.3, -0.25) is 4.79 Å². The Morgan fingerprint density at radius 1 is 1.00 bits per heavy atom. The lowest BCUT2D eigenvalue weighted by Crippen LogP contribution is -2.31. The first-order chi connectivity index (χ1) is 10.7. The van der Waals surface area contributed by atoms with Crippen LogP contribution in [-0.4, -0.2) is 10.9 Å². The maximum Gasteiger partial charge on any atom is 0.133 e. The predicted octanol–water partition coefficient (Wildman–Crippen LogP) is 3.60. The highest BCUT2D eigenvalue weighted by atomic mass is 16.5. The van der Waals surface area contributed by atoms with Crippen molar-refractivity contribution in [3.63, 3.8) is 0 Å². The van der Waals surface area contributed by atoms with Gasteiger partial charge in [-0.25, -0.2) is 0 Å². The van der Waals surface area contributed by atoms with E-state index in [1.807, 2.05) is 54.6 Å². The number of ether oxygens (including phenoxy) is 1. The number of hydrogen-bond donors (Lipinski definition) is 1. The molecule has 1 aliphatic carbocycles. The van der Waals surface area contributed by atoms with Crippen molar-refractivity contribution >= 4 is 5.78 Å². The van der Waals surface area contributed by atoms with Crippen LogP contribution in [-0.2, 0) is 17.0 Å². The number of benzene rings is 2. The van der Waals surface area contributed by atoms with Gasteiger partial charge in [0.1, 0.15) is 18.1 Å². The summed E-state index contributed by atoms with van der Waals surface area (Å²) in [5, 5.41) is 10.8. The standard InChI is InChI=1S/C19H20O3/c20-17-9-11-19(21,12-10-17)16-7-4-8-18(13-16)22-14-15-5-2-1-3-6-15/h1-8,13,21H,9-12,14H2. The maximum atomic E-state index is 11.4. The fraction of sp³-hybridized carbons (Fsp3) is 0.316. The van der Waals surface area contributed by atoms with Crippen LogP contribution in [0, 0.1) is 0 Å². The Morgan fingerprint density at radius 3 is 2.45 bits per heavy atom. The molecule has 0 amide bonds. The van der Waals surface area contributed by atoms with Crippen LogP contribution in [0.4, 0.5) is 0 Å². The molecule has 0 atom stereocenters. The number of rotatable bonds is 4. The summed E-state index contributed by atoms with van der Waals surface area (Å²) in [4.78, 5) is 11.4. The van der Waals surface area contributed by atoms with E-state index >= 15 is 0 Å². The lowest BCUT2D eigenvalue weighted by molar-refractivity contribution is -0.125. The number of carbonyl (C=O) groups excluding carboxylic acids is 1. The van der Waals surface area contributed by atoms with Crippen molar-refractivity contribution < 1.29 is 14.6 Å². The Balaban J connectivity index is 1.71. The van der Waals surface area contributed by atoms with E-state index in [4.69, 9.17) is 4.74 Å². The summed E-state index contributed by atoms with van der Waals surface area (Å²) in [7, 11) is 0. The van der Waals surface area contributed by atoms with Gasteiger partial charge in [-0.1, -0.05) is 42.5 Å². The van der Waals surface area contributed by atoms with Crippen molar-refractivity contribution in [1.82, 2.24) is 0 Å². The average molecular weight is 296 g/mol. The second-order valence-electron chi connectivity index (χ2n) is 5.87. The Kier molecular flexibility index (Phi) is 4.25. The van der Waals surface area contributed by atoms with Crippen LogP contribution in [0.5, 0.6) is 5.75 Å². The third-order valence-corrected chi connectivity index (χ3v) is 4.25. The van der Waals surface area contributed by atoms with Gasteiger partial charge in [-0.05, 0) is 36.1 Å². The van der Waals surface area contributed by atoms with E-state index in [1.165, 1.54) is 0 Å². The van der Waals surface area contributed by atoms with Gasteiger partial charge >= 0.3 is 0 Å². The quantitative estimate of drug-likeness (QED) is 0.937. The molecule has 3 heteroatoms. The van der Waals surface area contributed by atoms with Crippen LogP contribution in [0.1, 0.15) is 36.8 Å². The molecule has 1 aliphatic rings. The van der Waals surface area contributed by atoms with Gasteiger partial charge in [0.05, 0.1) is 5.60 Å². The van der Waals surface area contributed by atoms with Gasteiger partial charge in [0.2, 0.25) is 0 Å². The third-order valence-electron chi connectivity index (χ3n) is 4.25. The van der Waals surface area contributed by atoms with Crippen LogP contribution in [0.25, 0.3) is 0 Å². The monoisotopic (exact) mass is 296 g/mol. The minimum atomic E-state index is -0.903. The van der Waals surface area contributed by atoms with Crippen LogP contribution >= 0.6 is 0 Å². The normalized spacial score (nSPS) is 17.2. The number of Topliss-reactive ketones (excluding diaryl/α,β-unsaturated/α-hetero) is 1. The van der Waals surface area contributed by atoms with Crippen LogP contribution in [0.15, 0.2) is 54.6 Å². The van der Waals surface area contributed by atoms with E-state index in [9.17, 15) is 9.90 Å². The molecule has 114 valence electrons. The molecule has 0 heterocycles. The fourth-order valence-electron chi connectivity index (χ4n) is 2.85. The summed E-state index contributed by atoms with van der Waals surface area (Å²) < 4.78 is 5.81. The van der Waals surface area contributed by atoms with E-state index in [0.717, 1.165) is 16.9 Å². The molecular formula is C19H20O3. The molecule has 1 N–H and O–H groups in total. The van der Waals surface area contributed by atoms with E-state index in [0.29, 0.717) is 32.3 Å². The lowest BCUT2D eigenvalue weighted by atomic mass is 9.79. The van der Waals surface area contributed by atoms with E-state index in [2.05, 4.69) is 0 Å². The highest BCUT2D eigenvalue weighted by molar-refractivity contribution is 5.79. The van der Waals surface area contributed by atoms with Crippen LogP contribution < -0.4 is 4.74 Å². The Morgan fingerprint density at radius 2 is 1.73 bits per heavy atom. The predicted molar refractivity (Wildman–Crippen MR) is 84.6 cm³/mol. The molecule has 0 spiro atoms. The van der Waals surface area contributed by atoms with E-state index in [1.54, 1.807) is 0 Å². The SMILES string of the molecule is O=C1CCC(O)(c2cccc(OCc3ccccc3)c2)CC1. The Bertz CT molecular complexity index is 639. The molecule has 3 rings (SSSR count). The van der Waals surface area contributed by atoms with Crippen molar-refractivity contribution in [2.75, 3.05) is 0 Å². The fourth-order valence-corrected chi connectivity index (χ4v) is 2.85. The summed E-state index contributed by atoms with van der Waals surface area (Å²) >= 11 is 0. The minimum Gasteiger partial charge on any atom is -0.489 e.